The molecule has 1 spiro atoms. The molecule has 0 aromatic rings. The Balaban J connectivity index is 1.85. The summed E-state index contributed by atoms with van der Waals surface area (Å²) in [5.41, 5.74) is -1.56. The van der Waals surface area contributed by atoms with Crippen molar-refractivity contribution in [2.24, 2.45) is 23.7 Å². The van der Waals surface area contributed by atoms with Crippen molar-refractivity contribution < 1.29 is 51.5 Å². The molecular formula is C21H27F3O8. The number of rotatable bonds is 4. The lowest BCUT2D eigenvalue weighted by Crippen LogP contribution is -2.67. The SMILES string of the molecule is COC(=O)C(CC1=C(C(F)(F)F)O[C@@H]2O[C@@]3(C)CCC4[C@H](C)CC[C@@H]1C42OO3)C(=O)OC. The molecule has 5 aliphatic rings. The number of fused-ring (bicyclic) bond motifs is 2. The highest BCUT2D eigenvalue weighted by Crippen LogP contribution is 2.62. The number of allylic oxidation sites excluding steroid dienone is 1. The first kappa shape index (κ1) is 23.3. The van der Waals surface area contributed by atoms with Crippen molar-refractivity contribution in [2.75, 3.05) is 14.2 Å². The summed E-state index contributed by atoms with van der Waals surface area (Å²) in [6.45, 7) is 3.63. The van der Waals surface area contributed by atoms with E-state index in [9.17, 15) is 22.8 Å². The Morgan fingerprint density at radius 2 is 1.78 bits per heavy atom. The first-order valence-corrected chi connectivity index (χ1v) is 10.6. The Labute approximate surface area is 183 Å². The number of methoxy groups -OCH3 is 2. The first-order valence-electron chi connectivity index (χ1n) is 10.6. The van der Waals surface area contributed by atoms with Crippen LogP contribution in [0.1, 0.15) is 46.0 Å². The molecule has 180 valence electrons. The van der Waals surface area contributed by atoms with E-state index in [4.69, 9.17) is 19.2 Å². The van der Waals surface area contributed by atoms with Crippen LogP contribution in [0, 0.1) is 23.7 Å². The predicted molar refractivity (Wildman–Crippen MR) is 99.1 cm³/mol. The molecule has 8 nitrogen and oxygen atoms in total. The summed E-state index contributed by atoms with van der Waals surface area (Å²) in [6, 6.07) is 0. The van der Waals surface area contributed by atoms with Crippen molar-refractivity contribution in [3.8, 4) is 0 Å². The Morgan fingerprint density at radius 1 is 1.12 bits per heavy atom. The largest absolute Gasteiger partial charge is 0.468 e. The summed E-state index contributed by atoms with van der Waals surface area (Å²) in [5.74, 6) is -6.96. The molecule has 11 heteroatoms. The minimum atomic E-state index is -4.87. The monoisotopic (exact) mass is 464 g/mol. The molecular weight excluding hydrogens is 437 g/mol. The van der Waals surface area contributed by atoms with Crippen molar-refractivity contribution in [2.45, 2.75) is 69.8 Å². The van der Waals surface area contributed by atoms with E-state index in [1.54, 1.807) is 6.92 Å². The van der Waals surface area contributed by atoms with Crippen molar-refractivity contribution in [3.05, 3.63) is 11.3 Å². The lowest BCUT2D eigenvalue weighted by Gasteiger charge is -2.57. The number of carbonyl (C=O) groups is 2. The van der Waals surface area contributed by atoms with Crippen LogP contribution in [0.2, 0.25) is 0 Å². The average molecular weight is 464 g/mol. The van der Waals surface area contributed by atoms with Gasteiger partial charge in [0.1, 0.15) is 0 Å². The van der Waals surface area contributed by atoms with Crippen LogP contribution >= 0.6 is 0 Å². The van der Waals surface area contributed by atoms with E-state index < -0.39 is 59.8 Å². The molecule has 4 aliphatic heterocycles. The van der Waals surface area contributed by atoms with Gasteiger partial charge in [-0.3, -0.25) is 9.59 Å². The molecule has 0 radical (unpaired) electrons. The Morgan fingerprint density at radius 3 is 2.38 bits per heavy atom. The Hall–Kier alpha value is -1.85. The van der Waals surface area contributed by atoms with E-state index in [0.29, 0.717) is 25.7 Å². The fourth-order valence-electron chi connectivity index (χ4n) is 5.74. The summed E-state index contributed by atoms with van der Waals surface area (Å²) in [6.07, 6.45) is -4.78. The van der Waals surface area contributed by atoms with Gasteiger partial charge in [0, 0.05) is 18.3 Å². The lowest BCUT2D eigenvalue weighted by molar-refractivity contribution is -0.557. The van der Waals surface area contributed by atoms with Crippen molar-refractivity contribution in [1.82, 2.24) is 0 Å². The number of halogens is 3. The highest BCUT2D eigenvalue weighted by Gasteiger charge is 2.70. The van der Waals surface area contributed by atoms with Gasteiger partial charge in [-0.15, -0.1) is 0 Å². The van der Waals surface area contributed by atoms with E-state index in [-0.39, 0.29) is 17.4 Å². The van der Waals surface area contributed by atoms with Crippen LogP contribution in [0.5, 0.6) is 0 Å². The number of hydrogen-bond donors (Lipinski definition) is 0. The second-order valence-electron chi connectivity index (χ2n) is 9.13. The molecule has 2 unspecified atom stereocenters. The van der Waals surface area contributed by atoms with Gasteiger partial charge in [-0.2, -0.15) is 13.2 Å². The van der Waals surface area contributed by atoms with Crippen LogP contribution in [-0.4, -0.2) is 50.0 Å². The predicted octanol–water partition coefficient (Wildman–Crippen LogP) is 3.40. The molecule has 5 rings (SSSR count). The van der Waals surface area contributed by atoms with Crippen LogP contribution < -0.4 is 0 Å². The topological polar surface area (TPSA) is 89.5 Å². The summed E-state index contributed by atoms with van der Waals surface area (Å²) in [4.78, 5) is 36.0. The quantitative estimate of drug-likeness (QED) is 0.355. The first-order chi connectivity index (χ1) is 15.0. The lowest BCUT2D eigenvalue weighted by atomic mass is 9.58. The van der Waals surface area contributed by atoms with E-state index in [1.807, 2.05) is 6.92 Å². The maximum absolute atomic E-state index is 14.2. The fourth-order valence-corrected chi connectivity index (χ4v) is 5.74. The summed E-state index contributed by atoms with van der Waals surface area (Å²) >= 11 is 0. The molecule has 3 saturated heterocycles. The number of alkyl halides is 3. The smallest absolute Gasteiger partial charge is 0.448 e. The standard InChI is InChI=1S/C21H27F3O8/c1-10-5-6-14-11(9-12(16(25)27-3)17(26)28-4)15(21(22,23)24)29-18-20(14)13(10)7-8-19(2,30-18)31-32-20/h10,12-14,18H,5-9H2,1-4H3/t10-,13?,14+,18-,19-,20?/m1/s1. The van der Waals surface area contributed by atoms with Crippen molar-refractivity contribution >= 4 is 11.9 Å². The molecule has 4 fully saturated rings. The molecule has 1 saturated carbocycles. The number of esters is 2. The maximum atomic E-state index is 14.2. The zero-order chi connectivity index (χ0) is 23.5. The molecule has 0 amide bonds. The van der Waals surface area contributed by atoms with Gasteiger partial charge in [-0.1, -0.05) is 6.92 Å². The van der Waals surface area contributed by atoms with E-state index in [2.05, 4.69) is 9.47 Å². The number of carbonyl (C=O) groups excluding carboxylic acids is 2. The maximum Gasteiger partial charge on any atom is 0.448 e. The molecule has 0 N–H and O–H groups in total. The summed E-state index contributed by atoms with van der Waals surface area (Å²) in [5, 5.41) is 0. The van der Waals surface area contributed by atoms with Crippen LogP contribution in [0.25, 0.3) is 0 Å². The van der Waals surface area contributed by atoms with Crippen LogP contribution in [-0.2, 0) is 38.3 Å². The third-order valence-electron chi connectivity index (χ3n) is 7.31. The normalized spacial score (nSPS) is 38.6. The summed E-state index contributed by atoms with van der Waals surface area (Å²) in [7, 11) is 2.11. The molecule has 6 atom stereocenters. The summed E-state index contributed by atoms with van der Waals surface area (Å²) < 4.78 is 63.2. The van der Waals surface area contributed by atoms with Gasteiger partial charge in [0.25, 0.3) is 0 Å². The van der Waals surface area contributed by atoms with Crippen LogP contribution in [0.3, 0.4) is 0 Å². The average Bonchev–Trinajstić information content (AvgIpc) is 2.97. The second kappa shape index (κ2) is 7.88. The van der Waals surface area contributed by atoms with Gasteiger partial charge in [-0.05, 0) is 44.1 Å². The van der Waals surface area contributed by atoms with Gasteiger partial charge in [0.2, 0.25) is 17.8 Å². The molecule has 2 bridgehead atoms. The third-order valence-corrected chi connectivity index (χ3v) is 7.31. The van der Waals surface area contributed by atoms with E-state index in [0.717, 1.165) is 14.2 Å². The van der Waals surface area contributed by atoms with Gasteiger partial charge in [-0.25, -0.2) is 9.78 Å². The number of ether oxygens (including phenoxy) is 4. The zero-order valence-electron chi connectivity index (χ0n) is 18.3. The molecule has 32 heavy (non-hydrogen) atoms. The van der Waals surface area contributed by atoms with Crippen molar-refractivity contribution in [1.29, 1.82) is 0 Å². The highest BCUT2D eigenvalue weighted by atomic mass is 19.4. The Kier molecular flexibility index (Phi) is 5.74. The molecule has 0 aromatic heterocycles. The number of hydrogen-bond acceptors (Lipinski definition) is 8. The molecule has 1 aliphatic carbocycles. The minimum absolute atomic E-state index is 0.121. The minimum Gasteiger partial charge on any atom is -0.468 e. The van der Waals surface area contributed by atoms with Crippen molar-refractivity contribution in [3.63, 3.8) is 0 Å². The highest BCUT2D eigenvalue weighted by molar-refractivity contribution is 5.95. The van der Waals surface area contributed by atoms with E-state index in [1.165, 1.54) is 0 Å². The molecule has 4 heterocycles. The van der Waals surface area contributed by atoms with Gasteiger partial charge < -0.3 is 18.9 Å². The second-order valence-corrected chi connectivity index (χ2v) is 9.13. The Bertz CT molecular complexity index is 810. The van der Waals surface area contributed by atoms with Gasteiger partial charge >= 0.3 is 18.1 Å². The van der Waals surface area contributed by atoms with Gasteiger partial charge in [0.05, 0.1) is 14.2 Å². The molecule has 0 aromatic carbocycles. The van der Waals surface area contributed by atoms with Gasteiger partial charge in [0.15, 0.2) is 11.5 Å². The van der Waals surface area contributed by atoms with Crippen LogP contribution in [0.4, 0.5) is 13.2 Å². The zero-order valence-corrected chi connectivity index (χ0v) is 18.3. The fraction of sp³-hybridized carbons (Fsp3) is 0.810. The third kappa shape index (κ3) is 3.49. The van der Waals surface area contributed by atoms with E-state index >= 15 is 0 Å². The van der Waals surface area contributed by atoms with Crippen LogP contribution in [0.15, 0.2) is 11.3 Å².